The highest BCUT2D eigenvalue weighted by Crippen LogP contribution is 2.29. The largest absolute Gasteiger partial charge is 0.496 e. The smallest absolute Gasteiger partial charge is 0.416 e. The van der Waals surface area contributed by atoms with E-state index in [1.807, 2.05) is 0 Å². The molecule has 0 aliphatic carbocycles. The molecule has 0 atom stereocenters. The van der Waals surface area contributed by atoms with Crippen LogP contribution in [0.4, 0.5) is 13.2 Å². The van der Waals surface area contributed by atoms with Crippen molar-refractivity contribution >= 4 is 11.9 Å². The van der Waals surface area contributed by atoms with Crippen LogP contribution in [0.1, 0.15) is 40.4 Å². The Morgan fingerprint density at radius 3 is 2.28 bits per heavy atom. The number of esters is 1. The summed E-state index contributed by atoms with van der Waals surface area (Å²) in [6, 6.07) is 9.58. The normalized spacial score (nSPS) is 11.1. The van der Waals surface area contributed by atoms with Gasteiger partial charge in [0.15, 0.2) is 0 Å². The van der Waals surface area contributed by atoms with E-state index in [1.54, 1.807) is 25.1 Å². The predicted molar refractivity (Wildman–Crippen MR) is 101 cm³/mol. The van der Waals surface area contributed by atoms with E-state index in [-0.39, 0.29) is 24.5 Å². The number of ether oxygens (including phenoxy) is 2. The lowest BCUT2D eigenvalue weighted by Crippen LogP contribution is -2.23. The summed E-state index contributed by atoms with van der Waals surface area (Å²) in [6.45, 7) is 2.09. The van der Waals surface area contributed by atoms with Crippen LogP contribution in [0.5, 0.6) is 5.75 Å². The molecule has 0 radical (unpaired) electrons. The Morgan fingerprint density at radius 2 is 1.69 bits per heavy atom. The van der Waals surface area contributed by atoms with Crippen molar-refractivity contribution in [2.75, 3.05) is 13.7 Å². The fourth-order valence-electron chi connectivity index (χ4n) is 2.66. The second kappa shape index (κ2) is 9.95. The fourth-order valence-corrected chi connectivity index (χ4v) is 2.66. The summed E-state index contributed by atoms with van der Waals surface area (Å²) < 4.78 is 48.0. The first kappa shape index (κ1) is 22.3. The molecule has 0 saturated carbocycles. The molecular formula is C21H22F3NO4. The molecule has 1 N–H and O–H groups in total. The molecule has 156 valence electrons. The Kier molecular flexibility index (Phi) is 7.64. The van der Waals surface area contributed by atoms with Gasteiger partial charge in [-0.15, -0.1) is 0 Å². The zero-order valence-electron chi connectivity index (χ0n) is 16.1. The van der Waals surface area contributed by atoms with Crippen LogP contribution >= 0.6 is 0 Å². The topological polar surface area (TPSA) is 64.6 Å². The lowest BCUT2D eigenvalue weighted by Gasteiger charge is -2.12. The van der Waals surface area contributed by atoms with Gasteiger partial charge in [0.1, 0.15) is 5.75 Å². The summed E-state index contributed by atoms with van der Waals surface area (Å²) >= 11 is 0. The first-order chi connectivity index (χ1) is 13.7. The first-order valence-corrected chi connectivity index (χ1v) is 9.01. The van der Waals surface area contributed by atoms with Gasteiger partial charge in [0.05, 0.1) is 24.8 Å². The number of nitrogens with one attached hydrogen (secondary N) is 1. The lowest BCUT2D eigenvalue weighted by molar-refractivity contribution is -0.143. The van der Waals surface area contributed by atoms with Crippen LogP contribution in [0.3, 0.4) is 0 Å². The molecule has 0 heterocycles. The average molecular weight is 409 g/mol. The highest BCUT2D eigenvalue weighted by atomic mass is 19.4. The lowest BCUT2D eigenvalue weighted by atomic mass is 10.0. The van der Waals surface area contributed by atoms with Crippen LogP contribution in [-0.4, -0.2) is 25.6 Å². The molecule has 0 fully saturated rings. The van der Waals surface area contributed by atoms with Crippen molar-refractivity contribution in [1.82, 2.24) is 5.32 Å². The van der Waals surface area contributed by atoms with Gasteiger partial charge in [0, 0.05) is 13.0 Å². The molecule has 1 amide bonds. The van der Waals surface area contributed by atoms with Crippen LogP contribution in [0.25, 0.3) is 0 Å². The molecule has 2 rings (SSSR count). The van der Waals surface area contributed by atoms with E-state index >= 15 is 0 Å². The molecule has 0 aromatic heterocycles. The molecule has 0 aliphatic heterocycles. The molecule has 8 heteroatoms. The Hall–Kier alpha value is -3.03. The number of alkyl halides is 3. The molecular weight excluding hydrogens is 387 g/mol. The van der Waals surface area contributed by atoms with Gasteiger partial charge in [-0.2, -0.15) is 13.2 Å². The molecule has 29 heavy (non-hydrogen) atoms. The van der Waals surface area contributed by atoms with Crippen LogP contribution in [-0.2, 0) is 28.7 Å². The molecule has 5 nitrogen and oxygen atoms in total. The quantitative estimate of drug-likeness (QED) is 0.666. The van der Waals surface area contributed by atoms with Gasteiger partial charge < -0.3 is 14.8 Å². The molecule has 0 unspecified atom stereocenters. The Bertz CT molecular complexity index is 848. The Balaban J connectivity index is 2.04. The first-order valence-electron chi connectivity index (χ1n) is 9.01. The minimum atomic E-state index is -4.40. The second-order valence-corrected chi connectivity index (χ2v) is 6.22. The summed E-state index contributed by atoms with van der Waals surface area (Å²) in [5, 5.41) is 2.67. The number of hydrogen-bond donors (Lipinski definition) is 1. The molecule has 0 saturated heterocycles. The van der Waals surface area contributed by atoms with E-state index in [9.17, 15) is 22.8 Å². The standard InChI is InChI=1S/C21H22F3NO4/c1-3-29-19(26)11-7-14-6-10-18(28-2)17(12-14)20(27)25-13-15-4-8-16(9-5-15)21(22,23)24/h4-6,8-10,12H,3,7,11,13H2,1-2H3,(H,25,27). The predicted octanol–water partition coefficient (Wildman–Crippen LogP) is 4.14. The Morgan fingerprint density at radius 1 is 1.03 bits per heavy atom. The van der Waals surface area contributed by atoms with Gasteiger partial charge in [-0.1, -0.05) is 18.2 Å². The minimum Gasteiger partial charge on any atom is -0.496 e. The number of halogens is 3. The van der Waals surface area contributed by atoms with Gasteiger partial charge in [-0.25, -0.2) is 0 Å². The molecule has 0 aliphatic rings. The summed E-state index contributed by atoms with van der Waals surface area (Å²) in [5.41, 5.74) is 0.826. The fraction of sp³-hybridized carbons (Fsp3) is 0.333. The van der Waals surface area contributed by atoms with Gasteiger partial charge in [-0.3, -0.25) is 9.59 Å². The van der Waals surface area contributed by atoms with Crippen molar-refractivity contribution in [2.45, 2.75) is 32.5 Å². The minimum absolute atomic E-state index is 0.0627. The molecule has 2 aromatic carbocycles. The van der Waals surface area contributed by atoms with E-state index in [0.29, 0.717) is 24.3 Å². The van der Waals surface area contributed by atoms with Gasteiger partial charge in [0.25, 0.3) is 5.91 Å². The van der Waals surface area contributed by atoms with Gasteiger partial charge >= 0.3 is 12.1 Å². The highest BCUT2D eigenvalue weighted by molar-refractivity contribution is 5.97. The maximum atomic E-state index is 12.6. The third kappa shape index (κ3) is 6.51. The number of carbonyl (C=O) groups excluding carboxylic acids is 2. The van der Waals surface area contributed by atoms with Crippen molar-refractivity contribution in [3.63, 3.8) is 0 Å². The van der Waals surface area contributed by atoms with E-state index in [0.717, 1.165) is 17.7 Å². The average Bonchev–Trinajstić information content (AvgIpc) is 2.70. The van der Waals surface area contributed by atoms with E-state index in [1.165, 1.54) is 19.2 Å². The van der Waals surface area contributed by atoms with E-state index < -0.39 is 17.6 Å². The summed E-state index contributed by atoms with van der Waals surface area (Å²) in [6.07, 6.45) is -3.81. The molecule has 0 bridgehead atoms. The number of aryl methyl sites for hydroxylation is 1. The summed E-state index contributed by atoms with van der Waals surface area (Å²) in [4.78, 5) is 24.1. The van der Waals surface area contributed by atoms with Crippen molar-refractivity contribution in [1.29, 1.82) is 0 Å². The van der Waals surface area contributed by atoms with Gasteiger partial charge in [-0.05, 0) is 48.7 Å². The van der Waals surface area contributed by atoms with Crippen molar-refractivity contribution in [3.05, 3.63) is 64.7 Å². The zero-order valence-corrected chi connectivity index (χ0v) is 16.1. The number of amides is 1. The SMILES string of the molecule is CCOC(=O)CCc1ccc(OC)c(C(=O)NCc2ccc(C(F)(F)F)cc2)c1. The van der Waals surface area contributed by atoms with E-state index in [4.69, 9.17) is 9.47 Å². The monoisotopic (exact) mass is 409 g/mol. The van der Waals surface area contributed by atoms with Crippen molar-refractivity contribution < 1.29 is 32.2 Å². The highest BCUT2D eigenvalue weighted by Gasteiger charge is 2.29. The van der Waals surface area contributed by atoms with Crippen molar-refractivity contribution in [2.24, 2.45) is 0 Å². The second-order valence-electron chi connectivity index (χ2n) is 6.22. The number of carbonyl (C=O) groups is 2. The number of rotatable bonds is 8. The van der Waals surface area contributed by atoms with Crippen molar-refractivity contribution in [3.8, 4) is 5.75 Å². The molecule has 2 aromatic rings. The maximum Gasteiger partial charge on any atom is 0.416 e. The maximum absolute atomic E-state index is 12.6. The number of methoxy groups -OCH3 is 1. The van der Waals surface area contributed by atoms with Gasteiger partial charge in [0.2, 0.25) is 0 Å². The van der Waals surface area contributed by atoms with Crippen LogP contribution in [0, 0.1) is 0 Å². The summed E-state index contributed by atoms with van der Waals surface area (Å²) in [5.74, 6) is -0.397. The van der Waals surface area contributed by atoms with Crippen LogP contribution in [0.2, 0.25) is 0 Å². The zero-order chi connectivity index (χ0) is 21.4. The third-order valence-electron chi connectivity index (χ3n) is 4.17. The third-order valence-corrected chi connectivity index (χ3v) is 4.17. The summed E-state index contributed by atoms with van der Waals surface area (Å²) in [7, 11) is 1.43. The van der Waals surface area contributed by atoms with E-state index in [2.05, 4.69) is 5.32 Å². The number of hydrogen-bond acceptors (Lipinski definition) is 4. The van der Waals surface area contributed by atoms with Crippen LogP contribution in [0.15, 0.2) is 42.5 Å². The number of benzene rings is 2. The van der Waals surface area contributed by atoms with Crippen LogP contribution < -0.4 is 10.1 Å². The molecule has 0 spiro atoms. The Labute approximate surface area is 166 Å².